The number of phenols is 1. The van der Waals surface area contributed by atoms with Crippen molar-refractivity contribution in [2.75, 3.05) is 0 Å². The molecular weight excluding hydrogens is 1190 g/mol. The van der Waals surface area contributed by atoms with Gasteiger partial charge < -0.3 is 5.11 Å². The van der Waals surface area contributed by atoms with Gasteiger partial charge in [-0.25, -0.2) is 4.98 Å². The molecule has 1 aliphatic rings. The zero-order valence-electron chi connectivity index (χ0n) is 49.3. The van der Waals surface area contributed by atoms with Crippen LogP contribution >= 0.6 is 0 Å². The normalized spacial score (nSPS) is 13.3. The summed E-state index contributed by atoms with van der Waals surface area (Å²) >= 11 is 0. The zero-order chi connectivity index (χ0) is 57.6. The standard InChI is InChI=1S/C78H66N3O.Pt/c1-77(2,3)66-51-69(58-29-14-7-15-30-58)75(82)70(52-66)76-80-74-67(35-22-36-73(74)81(76)72-42-37-54(45-53-23-20-21-24-53)46-68(72)57-27-12-6-13-28-57)61-47-60(55-25-10-5-11-26-55)48-62(49-61)71-50-59(43-44-79-71)56-38-40-65(41-39-56)78(4,63-31-16-8-17-32-63)64-33-18-9-19-34-64;/h5-19,22,25-44,46-48,50-53,82H,20-21,23-24,45H2,1-4H3;/q-1;/i45D2;. The second-order valence-corrected chi connectivity index (χ2v) is 23.1. The maximum Gasteiger partial charge on any atom is 0.148 e. The van der Waals surface area contributed by atoms with Gasteiger partial charge in [-0.3, -0.25) is 9.55 Å². The van der Waals surface area contributed by atoms with Gasteiger partial charge in [0.1, 0.15) is 11.6 Å². The van der Waals surface area contributed by atoms with Crippen LogP contribution in [-0.4, -0.2) is 19.6 Å². The van der Waals surface area contributed by atoms with Crippen LogP contribution in [0.3, 0.4) is 0 Å². The molecule has 0 spiro atoms. The predicted octanol–water partition coefficient (Wildman–Crippen LogP) is 20.0. The van der Waals surface area contributed by atoms with Crippen LogP contribution in [0, 0.1) is 12.0 Å². The third kappa shape index (κ3) is 10.9. The minimum absolute atomic E-state index is 0. The zero-order valence-corrected chi connectivity index (χ0v) is 49.5. The number of rotatable bonds is 13. The van der Waals surface area contributed by atoms with Crippen LogP contribution in [0.25, 0.3) is 95.0 Å². The number of aromatic nitrogens is 3. The van der Waals surface area contributed by atoms with Crippen molar-refractivity contribution in [1.82, 2.24) is 14.5 Å². The van der Waals surface area contributed by atoms with Gasteiger partial charge in [0.2, 0.25) is 0 Å². The van der Waals surface area contributed by atoms with Crippen LogP contribution < -0.4 is 0 Å². The summed E-state index contributed by atoms with van der Waals surface area (Å²) in [5.41, 5.74) is 18.7. The van der Waals surface area contributed by atoms with Crippen LogP contribution in [0.2, 0.25) is 0 Å². The molecule has 0 unspecified atom stereocenters. The van der Waals surface area contributed by atoms with Gasteiger partial charge in [-0.05, 0) is 117 Å². The van der Waals surface area contributed by atoms with E-state index in [2.05, 4.69) is 226 Å². The number of pyridine rings is 1. The predicted molar refractivity (Wildman–Crippen MR) is 340 cm³/mol. The average Bonchev–Trinajstić information content (AvgIpc) is 2.66. The quantitative estimate of drug-likeness (QED) is 0.0924. The van der Waals surface area contributed by atoms with Gasteiger partial charge in [0, 0.05) is 52.2 Å². The Balaban J connectivity index is 0.00000709. The fourth-order valence-electron chi connectivity index (χ4n) is 12.2. The molecule has 0 atom stereocenters. The Bertz CT molecular complexity index is 4290. The molecule has 1 N–H and O–H groups in total. The second kappa shape index (κ2) is 23.3. The maximum absolute atomic E-state index is 12.9. The van der Waals surface area contributed by atoms with Gasteiger partial charge in [0.15, 0.2) is 0 Å². The van der Waals surface area contributed by atoms with Crippen molar-refractivity contribution in [3.8, 4) is 89.7 Å². The summed E-state index contributed by atoms with van der Waals surface area (Å²) in [5, 5.41) is 12.9. The van der Waals surface area contributed by atoms with Crippen molar-refractivity contribution < 1.29 is 28.9 Å². The van der Waals surface area contributed by atoms with E-state index in [-0.39, 0.29) is 43.6 Å². The summed E-state index contributed by atoms with van der Waals surface area (Å²) in [6, 6.07) is 90.4. The third-order valence-corrected chi connectivity index (χ3v) is 16.8. The van der Waals surface area contributed by atoms with Crippen LogP contribution in [0.4, 0.5) is 0 Å². The van der Waals surface area contributed by atoms with E-state index in [9.17, 15) is 7.85 Å². The van der Waals surface area contributed by atoms with Gasteiger partial charge in [-0.1, -0.05) is 263 Å². The topological polar surface area (TPSA) is 50.9 Å². The van der Waals surface area contributed by atoms with E-state index in [1.807, 2.05) is 66.9 Å². The van der Waals surface area contributed by atoms with Crippen molar-refractivity contribution >= 4 is 11.0 Å². The molecule has 0 bridgehead atoms. The molecule has 410 valence electrons. The first-order valence-corrected chi connectivity index (χ1v) is 28.8. The Hall–Kier alpha value is -8.69. The second-order valence-electron chi connectivity index (χ2n) is 23.1. The van der Waals surface area contributed by atoms with Crippen LogP contribution in [-0.2, 0) is 38.3 Å². The van der Waals surface area contributed by atoms with Crippen LogP contribution in [0.1, 0.15) is 83.9 Å². The molecular formula is C78H66N3OPt-. The van der Waals surface area contributed by atoms with Gasteiger partial charge in [0.05, 0.1) is 22.3 Å². The SMILES string of the molecule is [2H]C([2H])(c1ccc(-n2c(-c3cc(C(C)(C)C)cc(-c4ccccc4)c3O)nc3c(-c4[c-]c(-c5cc(-c6ccc(C(C)(c7ccccc7)c7ccccc7)cc6)ccn5)cc(-c5ccccc5)c4)cccc32)c(-c2ccccc2)c1)C1CCCC1.[Pt]. The number of hydrogen-bond acceptors (Lipinski definition) is 3. The molecule has 5 heteroatoms. The molecule has 4 nitrogen and oxygen atoms in total. The molecule has 1 aliphatic carbocycles. The summed E-state index contributed by atoms with van der Waals surface area (Å²) in [6.45, 7) is 8.91. The van der Waals surface area contributed by atoms with Crippen molar-refractivity contribution in [2.45, 2.75) is 70.6 Å². The van der Waals surface area contributed by atoms with Crippen molar-refractivity contribution in [3.63, 3.8) is 0 Å². The Labute approximate surface area is 506 Å². The number of hydrogen-bond donors (Lipinski definition) is 1. The average molecular weight is 1260 g/mol. The first-order valence-electron chi connectivity index (χ1n) is 29.8. The number of aromatic hydroxyl groups is 1. The van der Waals surface area contributed by atoms with Gasteiger partial charge in [-0.2, -0.15) is 0 Å². The monoisotopic (exact) mass is 1260 g/mol. The van der Waals surface area contributed by atoms with Crippen molar-refractivity contribution in [1.29, 1.82) is 0 Å². The van der Waals surface area contributed by atoms with E-state index < -0.39 is 6.37 Å². The number of imidazole rings is 1. The number of phenolic OH excluding ortho intramolecular Hbond substituents is 1. The first kappa shape index (κ1) is 52.4. The van der Waals surface area contributed by atoms with E-state index in [0.29, 0.717) is 17.0 Å². The molecule has 0 saturated heterocycles. The molecule has 1 saturated carbocycles. The maximum atomic E-state index is 12.9. The molecule has 0 aliphatic heterocycles. The van der Waals surface area contributed by atoms with E-state index >= 15 is 0 Å². The minimum atomic E-state index is -1.53. The summed E-state index contributed by atoms with van der Waals surface area (Å²) in [6.07, 6.45) is 4.18. The van der Waals surface area contributed by atoms with Crippen molar-refractivity contribution in [2.24, 2.45) is 5.92 Å². The van der Waals surface area contributed by atoms with Crippen LogP contribution in [0.5, 0.6) is 5.75 Å². The van der Waals surface area contributed by atoms with Crippen molar-refractivity contribution in [3.05, 3.63) is 289 Å². The largest absolute Gasteiger partial charge is 0.507 e. The Morgan fingerprint density at radius 2 is 1.05 bits per heavy atom. The molecule has 12 aromatic rings. The van der Waals surface area contributed by atoms with E-state index in [4.69, 9.17) is 9.97 Å². The summed E-state index contributed by atoms with van der Waals surface area (Å²) in [5.74, 6) is 0.631. The van der Waals surface area contributed by atoms with Gasteiger partial charge >= 0.3 is 0 Å². The number of fused-ring (bicyclic) bond motifs is 1. The third-order valence-electron chi connectivity index (χ3n) is 16.8. The molecule has 10 aromatic carbocycles. The van der Waals surface area contributed by atoms with E-state index in [0.717, 1.165) is 115 Å². The number of nitrogens with zero attached hydrogens (tertiary/aromatic N) is 3. The summed E-state index contributed by atoms with van der Waals surface area (Å²) in [4.78, 5) is 10.8. The fourth-order valence-corrected chi connectivity index (χ4v) is 12.2. The molecule has 0 amide bonds. The summed E-state index contributed by atoms with van der Waals surface area (Å²) < 4.78 is 21.4. The van der Waals surface area contributed by atoms with E-state index in [1.165, 1.54) is 16.7 Å². The van der Waals surface area contributed by atoms with Crippen LogP contribution in [0.15, 0.2) is 255 Å². The Morgan fingerprint density at radius 1 is 0.494 bits per heavy atom. The number of para-hydroxylation sites is 1. The molecule has 13 rings (SSSR count). The molecule has 2 aromatic heterocycles. The first-order chi connectivity index (χ1) is 40.8. The molecule has 0 radical (unpaired) electrons. The Morgan fingerprint density at radius 3 is 1.67 bits per heavy atom. The minimum Gasteiger partial charge on any atom is -0.507 e. The smallest absolute Gasteiger partial charge is 0.148 e. The number of benzene rings is 10. The summed E-state index contributed by atoms with van der Waals surface area (Å²) in [7, 11) is 0. The molecule has 2 heterocycles. The van der Waals surface area contributed by atoms with E-state index in [1.54, 1.807) is 0 Å². The van der Waals surface area contributed by atoms with Gasteiger partial charge in [0.25, 0.3) is 0 Å². The Kier molecular flexibility index (Phi) is 14.7. The molecule has 83 heavy (non-hydrogen) atoms. The fraction of sp³-hybridized carbons (Fsp3) is 0.154. The van der Waals surface area contributed by atoms with Gasteiger partial charge in [-0.15, -0.1) is 23.8 Å². The molecule has 1 fully saturated rings.